The van der Waals surface area contributed by atoms with Crippen molar-refractivity contribution in [2.24, 2.45) is 0 Å². The molecule has 20 heavy (non-hydrogen) atoms. The number of nitrogens with one attached hydrogen (secondary N) is 1. The summed E-state index contributed by atoms with van der Waals surface area (Å²) in [7, 11) is 5.25. The molecule has 1 N–H and O–H groups in total. The largest absolute Gasteiger partial charge is 0.481 e. The van der Waals surface area contributed by atoms with E-state index in [1.54, 1.807) is 24.3 Å². The van der Waals surface area contributed by atoms with Gasteiger partial charge in [0.25, 0.3) is 0 Å². The topological polar surface area (TPSA) is 76.1 Å². The summed E-state index contributed by atoms with van der Waals surface area (Å²) in [6, 6.07) is 3.71. The molecule has 0 fully saturated rings. The molecule has 0 bridgehead atoms. The summed E-state index contributed by atoms with van der Waals surface area (Å²) in [5.41, 5.74) is 0.980. The number of anilines is 2. The predicted octanol–water partition coefficient (Wildman–Crippen LogP) is 1.61. The first-order valence-corrected chi connectivity index (χ1v) is 6.28. The third kappa shape index (κ3) is 3.67. The molecule has 2 aromatic heterocycles. The van der Waals surface area contributed by atoms with Gasteiger partial charge in [-0.15, -0.1) is 0 Å². The maximum absolute atomic E-state index is 5.86. The molecule has 8 heteroatoms. The Kier molecular flexibility index (Phi) is 4.52. The average Bonchev–Trinajstić information content (AvgIpc) is 2.45. The molecule has 7 nitrogen and oxygen atoms in total. The third-order valence-corrected chi connectivity index (χ3v) is 2.62. The second-order valence-electron chi connectivity index (χ2n) is 4.18. The van der Waals surface area contributed by atoms with Gasteiger partial charge in [0.05, 0.1) is 7.11 Å². The van der Waals surface area contributed by atoms with Gasteiger partial charge in [-0.3, -0.25) is 0 Å². The van der Waals surface area contributed by atoms with Crippen LogP contribution in [-0.4, -0.2) is 41.1 Å². The highest BCUT2D eigenvalue weighted by Crippen LogP contribution is 2.13. The van der Waals surface area contributed by atoms with Crippen molar-refractivity contribution in [3.63, 3.8) is 0 Å². The Morgan fingerprint density at radius 1 is 1.25 bits per heavy atom. The van der Waals surface area contributed by atoms with E-state index in [9.17, 15) is 0 Å². The molecule has 0 aromatic carbocycles. The molecular weight excluding hydrogens is 280 g/mol. The van der Waals surface area contributed by atoms with Crippen LogP contribution in [0, 0.1) is 0 Å². The molecule has 0 saturated heterocycles. The molecule has 2 rings (SSSR count). The maximum atomic E-state index is 5.86. The monoisotopic (exact) mass is 294 g/mol. The van der Waals surface area contributed by atoms with Crippen LogP contribution in [0.3, 0.4) is 0 Å². The molecule has 0 saturated carbocycles. The number of hydrogen-bond donors (Lipinski definition) is 1. The maximum Gasteiger partial charge on any atom is 0.230 e. The first-order chi connectivity index (χ1) is 9.58. The molecule has 2 heterocycles. The normalized spacial score (nSPS) is 10.2. The summed E-state index contributed by atoms with van der Waals surface area (Å²) in [6.45, 7) is 0.532. The lowest BCUT2D eigenvalue weighted by Crippen LogP contribution is -2.15. The van der Waals surface area contributed by atoms with Crippen molar-refractivity contribution in [3.8, 4) is 5.88 Å². The molecule has 0 aliphatic heterocycles. The zero-order valence-corrected chi connectivity index (χ0v) is 12.2. The van der Waals surface area contributed by atoms with Crippen LogP contribution in [0.2, 0.25) is 5.28 Å². The third-order valence-electron chi connectivity index (χ3n) is 2.45. The van der Waals surface area contributed by atoms with E-state index in [0.29, 0.717) is 24.3 Å². The van der Waals surface area contributed by atoms with Crippen molar-refractivity contribution in [2.45, 2.75) is 6.54 Å². The van der Waals surface area contributed by atoms with Gasteiger partial charge in [0, 0.05) is 32.9 Å². The Balaban J connectivity index is 2.06. The van der Waals surface area contributed by atoms with Crippen LogP contribution < -0.4 is 15.0 Å². The van der Waals surface area contributed by atoms with Gasteiger partial charge in [0.2, 0.25) is 23.1 Å². The van der Waals surface area contributed by atoms with E-state index in [2.05, 4.69) is 25.3 Å². The van der Waals surface area contributed by atoms with Crippen molar-refractivity contribution in [2.75, 3.05) is 31.4 Å². The number of ether oxygens (including phenoxy) is 1. The molecule has 0 atom stereocenters. The lowest BCUT2D eigenvalue weighted by atomic mass is 10.3. The number of nitrogens with zero attached hydrogens (tertiary/aromatic N) is 5. The van der Waals surface area contributed by atoms with Crippen LogP contribution in [0.25, 0.3) is 0 Å². The number of methoxy groups -OCH3 is 1. The fraction of sp³-hybridized carbons (Fsp3) is 0.333. The number of hydrogen-bond acceptors (Lipinski definition) is 7. The van der Waals surface area contributed by atoms with Crippen LogP contribution in [0.4, 0.5) is 11.9 Å². The van der Waals surface area contributed by atoms with Gasteiger partial charge in [0.15, 0.2) is 0 Å². The summed E-state index contributed by atoms with van der Waals surface area (Å²) >= 11 is 5.86. The summed E-state index contributed by atoms with van der Waals surface area (Å²) in [4.78, 5) is 18.2. The number of pyridine rings is 1. The number of rotatable bonds is 5. The lowest BCUT2D eigenvalue weighted by molar-refractivity contribution is 0.397. The van der Waals surface area contributed by atoms with Gasteiger partial charge in [-0.05, 0) is 17.2 Å². The molecule has 0 spiro atoms. The van der Waals surface area contributed by atoms with Crippen molar-refractivity contribution >= 4 is 23.5 Å². The average molecular weight is 295 g/mol. The van der Waals surface area contributed by atoms with Crippen molar-refractivity contribution < 1.29 is 4.74 Å². The standard InChI is InChI=1S/C12H15ClN6O/c1-19(2)12-17-10(13)16-11(18-12)15-7-8-4-5-9(20-3)14-6-8/h4-6H,7H2,1-3H3,(H,15,16,17,18). The van der Waals surface area contributed by atoms with E-state index in [1.807, 2.05) is 20.2 Å². The van der Waals surface area contributed by atoms with E-state index in [4.69, 9.17) is 16.3 Å². The van der Waals surface area contributed by atoms with Gasteiger partial charge in [0.1, 0.15) is 0 Å². The minimum absolute atomic E-state index is 0.152. The number of aromatic nitrogens is 4. The summed E-state index contributed by atoms with van der Waals surface area (Å²) in [5.74, 6) is 1.50. The Bertz CT molecular complexity index is 575. The quantitative estimate of drug-likeness (QED) is 0.897. The molecule has 0 amide bonds. The molecule has 0 unspecified atom stereocenters. The summed E-state index contributed by atoms with van der Waals surface area (Å²) in [6.07, 6.45) is 1.72. The molecule has 106 valence electrons. The Morgan fingerprint density at radius 3 is 2.65 bits per heavy atom. The molecule has 0 aliphatic carbocycles. The van der Waals surface area contributed by atoms with Gasteiger partial charge >= 0.3 is 0 Å². The minimum Gasteiger partial charge on any atom is -0.481 e. The van der Waals surface area contributed by atoms with Crippen LogP contribution in [0.15, 0.2) is 18.3 Å². The summed E-state index contributed by atoms with van der Waals surface area (Å²) in [5, 5.41) is 3.23. The molecule has 0 aliphatic rings. The smallest absolute Gasteiger partial charge is 0.230 e. The van der Waals surface area contributed by atoms with Crippen LogP contribution in [0.5, 0.6) is 5.88 Å². The Morgan fingerprint density at radius 2 is 2.05 bits per heavy atom. The first kappa shape index (κ1) is 14.3. The SMILES string of the molecule is COc1ccc(CNc2nc(Cl)nc(N(C)C)n2)cn1. The van der Waals surface area contributed by atoms with Crippen LogP contribution >= 0.6 is 11.6 Å². The Hall–Kier alpha value is -2.15. The van der Waals surface area contributed by atoms with Crippen molar-refractivity contribution in [1.82, 2.24) is 19.9 Å². The zero-order chi connectivity index (χ0) is 14.5. The molecular formula is C12H15ClN6O. The van der Waals surface area contributed by atoms with E-state index in [1.165, 1.54) is 0 Å². The summed E-state index contributed by atoms with van der Waals surface area (Å²) < 4.78 is 5.00. The fourth-order valence-corrected chi connectivity index (χ4v) is 1.59. The zero-order valence-electron chi connectivity index (χ0n) is 11.5. The van der Waals surface area contributed by atoms with E-state index in [0.717, 1.165) is 5.56 Å². The molecule has 2 aromatic rings. The van der Waals surface area contributed by atoms with Gasteiger partial charge in [-0.1, -0.05) is 6.07 Å². The van der Waals surface area contributed by atoms with E-state index < -0.39 is 0 Å². The van der Waals surface area contributed by atoms with E-state index >= 15 is 0 Å². The molecule has 0 radical (unpaired) electrons. The van der Waals surface area contributed by atoms with Gasteiger partial charge in [-0.25, -0.2) is 4.98 Å². The highest BCUT2D eigenvalue weighted by molar-refractivity contribution is 6.28. The van der Waals surface area contributed by atoms with Crippen LogP contribution in [0.1, 0.15) is 5.56 Å². The lowest BCUT2D eigenvalue weighted by Gasteiger charge is -2.11. The van der Waals surface area contributed by atoms with Gasteiger partial charge < -0.3 is 15.0 Å². The van der Waals surface area contributed by atoms with E-state index in [-0.39, 0.29) is 5.28 Å². The highest BCUT2D eigenvalue weighted by Gasteiger charge is 2.06. The second-order valence-corrected chi connectivity index (χ2v) is 4.52. The fourth-order valence-electron chi connectivity index (χ4n) is 1.44. The second kappa shape index (κ2) is 6.33. The highest BCUT2D eigenvalue weighted by atomic mass is 35.5. The minimum atomic E-state index is 0.152. The predicted molar refractivity (Wildman–Crippen MR) is 77.3 cm³/mol. The Labute approximate surface area is 122 Å². The van der Waals surface area contributed by atoms with Crippen molar-refractivity contribution in [3.05, 3.63) is 29.2 Å². The first-order valence-electron chi connectivity index (χ1n) is 5.90. The van der Waals surface area contributed by atoms with Gasteiger partial charge in [-0.2, -0.15) is 15.0 Å². The van der Waals surface area contributed by atoms with Crippen LogP contribution in [-0.2, 0) is 6.54 Å². The van der Waals surface area contributed by atoms with Crippen molar-refractivity contribution in [1.29, 1.82) is 0 Å². The number of halogens is 1.